The van der Waals surface area contributed by atoms with Crippen molar-refractivity contribution in [2.24, 2.45) is 5.92 Å². The molecule has 6 atom stereocenters. The second-order valence-corrected chi connectivity index (χ2v) is 19.0. The molecule has 5 heterocycles. The van der Waals surface area contributed by atoms with Crippen LogP contribution in [0, 0.1) is 12.8 Å². The molecule has 2 N–H and O–H groups in total. The van der Waals surface area contributed by atoms with Crippen molar-refractivity contribution in [1.29, 1.82) is 0 Å². The van der Waals surface area contributed by atoms with Crippen molar-refractivity contribution in [3.63, 3.8) is 0 Å². The molecular weight excluding hydrogens is 762 g/mol. The topological polar surface area (TPSA) is 147 Å². The molecule has 4 aromatic rings. The van der Waals surface area contributed by atoms with Gasteiger partial charge in [0.2, 0.25) is 11.8 Å². The Labute approximate surface area is 338 Å². The molecule has 14 heteroatoms. The number of aromatic nitrogens is 1. The Morgan fingerprint density at radius 3 is 2.58 bits per heavy atom. The molecule has 57 heavy (non-hydrogen) atoms. The molecule has 3 aliphatic rings. The van der Waals surface area contributed by atoms with Crippen molar-refractivity contribution >= 4 is 52.6 Å². The van der Waals surface area contributed by atoms with Crippen LogP contribution in [0.1, 0.15) is 91.6 Å². The van der Waals surface area contributed by atoms with E-state index in [4.69, 9.17) is 9.26 Å². The van der Waals surface area contributed by atoms with Crippen LogP contribution >= 0.6 is 18.9 Å². The van der Waals surface area contributed by atoms with Gasteiger partial charge in [-0.05, 0) is 117 Å². The maximum absolute atomic E-state index is 14.3. The average Bonchev–Trinajstić information content (AvgIpc) is 3.79. The predicted octanol–water partition coefficient (Wildman–Crippen LogP) is 7.21. The van der Waals surface area contributed by atoms with E-state index in [0.717, 1.165) is 40.5 Å². The molecule has 3 aliphatic heterocycles. The number of carbonyl (C=O) groups is 4. The summed E-state index contributed by atoms with van der Waals surface area (Å²) < 4.78 is 26.5. The number of nitrogens with one attached hydrogen (secondary N) is 2. The van der Waals surface area contributed by atoms with E-state index in [1.54, 1.807) is 48.4 Å². The van der Waals surface area contributed by atoms with E-state index >= 15 is 0 Å². The smallest absolute Gasteiger partial charge is 0.323 e. The number of para-hydroxylation sites is 1. The molecule has 2 aromatic heterocycles. The predicted molar refractivity (Wildman–Crippen MR) is 220 cm³/mol. The highest BCUT2D eigenvalue weighted by Gasteiger charge is 2.48. The van der Waals surface area contributed by atoms with E-state index in [9.17, 15) is 23.7 Å². The molecule has 0 radical (unpaired) electrons. The summed E-state index contributed by atoms with van der Waals surface area (Å²) in [5, 5.41) is 6.75. The lowest BCUT2D eigenvalue weighted by atomic mass is 9.89. The Bertz CT molecular complexity index is 2160. The van der Waals surface area contributed by atoms with Gasteiger partial charge in [-0.15, -0.1) is 11.3 Å². The third-order valence-electron chi connectivity index (χ3n) is 11.4. The summed E-state index contributed by atoms with van der Waals surface area (Å²) in [4.78, 5) is 63.2. The van der Waals surface area contributed by atoms with Gasteiger partial charge in [-0.2, -0.15) is 0 Å². The van der Waals surface area contributed by atoms with E-state index in [-0.39, 0.29) is 42.5 Å². The second-order valence-electron chi connectivity index (χ2n) is 15.8. The van der Waals surface area contributed by atoms with Gasteiger partial charge in [0.15, 0.2) is 0 Å². The summed E-state index contributed by atoms with van der Waals surface area (Å²) in [6.07, 6.45) is 7.83. The third kappa shape index (κ3) is 9.27. The van der Waals surface area contributed by atoms with E-state index in [2.05, 4.69) is 29.2 Å². The lowest BCUT2D eigenvalue weighted by Crippen LogP contribution is -2.60. The summed E-state index contributed by atoms with van der Waals surface area (Å²) in [6, 6.07) is 16.0. The van der Waals surface area contributed by atoms with Gasteiger partial charge < -0.3 is 24.4 Å². The molecular formula is C43H52N5O7PS. The Morgan fingerprint density at radius 1 is 1.04 bits per heavy atom. The minimum absolute atomic E-state index is 0.0120. The average molecular weight is 814 g/mol. The van der Waals surface area contributed by atoms with Crippen molar-refractivity contribution < 1.29 is 33.0 Å². The monoisotopic (exact) mass is 813 g/mol. The second kappa shape index (κ2) is 17.5. The first-order chi connectivity index (χ1) is 27.4. The molecule has 3 fully saturated rings. The van der Waals surface area contributed by atoms with E-state index < -0.39 is 31.6 Å². The molecule has 7 rings (SSSR count). The minimum Gasteiger partial charge on any atom is -0.465 e. The van der Waals surface area contributed by atoms with Crippen LogP contribution in [-0.2, 0) is 29.8 Å². The molecule has 302 valence electrons. The molecule has 1 unspecified atom stereocenters. The number of fused-ring (bicyclic) bond motifs is 2. The number of rotatable bonds is 13. The van der Waals surface area contributed by atoms with E-state index in [1.165, 1.54) is 11.3 Å². The van der Waals surface area contributed by atoms with Crippen LogP contribution in [0.4, 0.5) is 0 Å². The van der Waals surface area contributed by atoms with Crippen LogP contribution in [0.15, 0.2) is 73.1 Å². The van der Waals surface area contributed by atoms with Crippen LogP contribution in [0.25, 0.3) is 10.1 Å². The van der Waals surface area contributed by atoms with Gasteiger partial charge in [-0.3, -0.25) is 28.7 Å². The Hall–Kier alpha value is -4.58. The fourth-order valence-corrected chi connectivity index (χ4v) is 11.3. The summed E-state index contributed by atoms with van der Waals surface area (Å²) in [6.45, 7) is 9.23. The summed E-state index contributed by atoms with van der Waals surface area (Å²) in [7, 11) is -3.68. The molecule has 3 saturated heterocycles. The summed E-state index contributed by atoms with van der Waals surface area (Å²) in [5.74, 6) is -0.0860. The highest BCUT2D eigenvalue weighted by atomic mass is 32.1. The first-order valence-corrected chi connectivity index (χ1v) is 22.7. The lowest BCUT2D eigenvalue weighted by molar-refractivity contribution is -0.150. The number of benzene rings is 2. The number of nitrogens with zero attached hydrogens (tertiary/aromatic N) is 3. The van der Waals surface area contributed by atoms with Crippen LogP contribution in [0.3, 0.4) is 0 Å². The normalized spacial score (nSPS) is 22.8. The van der Waals surface area contributed by atoms with Crippen LogP contribution in [0.2, 0.25) is 0 Å². The fourth-order valence-electron chi connectivity index (χ4n) is 8.33. The molecule has 12 nitrogen and oxygen atoms in total. The third-order valence-corrected chi connectivity index (χ3v) is 14.5. The first-order valence-electron chi connectivity index (χ1n) is 20.0. The molecule has 0 bridgehead atoms. The number of esters is 1. The zero-order chi connectivity index (χ0) is 40.3. The number of carbonyl (C=O) groups excluding carboxylic acids is 4. The fraction of sp³-hybridized carbons (Fsp3) is 0.465. The highest BCUT2D eigenvalue weighted by molar-refractivity contribution is 7.56. The van der Waals surface area contributed by atoms with E-state index in [1.807, 2.05) is 48.4 Å². The highest BCUT2D eigenvalue weighted by Crippen LogP contribution is 2.47. The quantitative estimate of drug-likeness (QED) is 0.106. The zero-order valence-electron chi connectivity index (χ0n) is 33.0. The van der Waals surface area contributed by atoms with Gasteiger partial charge in [0.25, 0.3) is 5.91 Å². The molecule has 0 spiro atoms. The number of pyridine rings is 1. The summed E-state index contributed by atoms with van der Waals surface area (Å²) in [5.41, 5.74) is 3.02. The standard InChI is InChI=1S/C43H52N5O7PS/c1-5-19-54-43(52)29(4)46-56(53,55-34-9-7-6-8-10-34)26-30-12-16-38-31(21-30)22-39(57-38)40(49)45-36-14-11-27(2)20-33-13-15-37(48(33)41(36)50)42(51)47-24-32(25-47)35-23-44-18-17-28(35)3/h6-10,12,16-18,21-23,27,29,32-33,36-37H,5,11,13-15,19-20,24-26H2,1-4H3,(H,45,49)(H,46,53)/t27-,29-,33+,36-,37-,56?/m0/s1. The first kappa shape index (κ1) is 40.6. The Morgan fingerprint density at radius 2 is 1.82 bits per heavy atom. The van der Waals surface area contributed by atoms with Gasteiger partial charge >= 0.3 is 13.5 Å². The number of amides is 3. The van der Waals surface area contributed by atoms with Gasteiger partial charge in [0.05, 0.1) is 17.6 Å². The Balaban J connectivity index is 1.04. The zero-order valence-corrected chi connectivity index (χ0v) is 34.7. The molecule has 3 amide bonds. The number of hydrogen-bond donors (Lipinski definition) is 2. The van der Waals surface area contributed by atoms with Gasteiger partial charge in [-0.25, -0.2) is 5.09 Å². The SMILES string of the molecule is CCCOC(=O)[C@H](C)NP(=O)(Cc1ccc2sc(C(=O)N[C@H]3CC[C@H](C)C[C@H]4CC[C@@H](C(=O)N5CC(c6cnccc6C)C5)N4C3=O)cc2c1)Oc1ccccc1. The molecule has 0 saturated carbocycles. The number of likely N-dealkylation sites (tertiary alicyclic amines) is 1. The van der Waals surface area contributed by atoms with Crippen molar-refractivity contribution in [1.82, 2.24) is 25.2 Å². The van der Waals surface area contributed by atoms with Gasteiger partial charge in [-0.1, -0.05) is 38.1 Å². The van der Waals surface area contributed by atoms with Crippen molar-refractivity contribution in [2.45, 2.75) is 102 Å². The maximum atomic E-state index is 14.3. The molecule has 0 aliphatic carbocycles. The van der Waals surface area contributed by atoms with Crippen LogP contribution in [-0.4, -0.2) is 82.3 Å². The number of thiophene rings is 1. The summed E-state index contributed by atoms with van der Waals surface area (Å²) >= 11 is 1.32. The number of hydrogen-bond acceptors (Lipinski definition) is 9. The minimum atomic E-state index is -3.68. The van der Waals surface area contributed by atoms with Crippen LogP contribution in [0.5, 0.6) is 5.75 Å². The Kier molecular flexibility index (Phi) is 12.5. The lowest BCUT2D eigenvalue weighted by Gasteiger charge is -2.44. The number of ether oxygens (including phenoxy) is 1. The molecule has 2 aromatic carbocycles. The van der Waals surface area contributed by atoms with Crippen molar-refractivity contribution in [3.8, 4) is 5.75 Å². The number of aryl methyl sites for hydroxylation is 1. The van der Waals surface area contributed by atoms with Crippen molar-refractivity contribution in [3.05, 3.63) is 94.6 Å². The van der Waals surface area contributed by atoms with Gasteiger partial charge in [0.1, 0.15) is 23.9 Å². The van der Waals surface area contributed by atoms with Gasteiger partial charge in [0, 0.05) is 42.1 Å². The largest absolute Gasteiger partial charge is 0.465 e. The van der Waals surface area contributed by atoms with Crippen LogP contribution < -0.4 is 14.9 Å². The maximum Gasteiger partial charge on any atom is 0.323 e. The van der Waals surface area contributed by atoms with E-state index in [0.29, 0.717) is 54.5 Å². The van der Waals surface area contributed by atoms with Crippen molar-refractivity contribution in [2.75, 3.05) is 19.7 Å².